The molecule has 2 N–H and O–H groups in total. The van der Waals surface area contributed by atoms with Crippen molar-refractivity contribution < 1.29 is 13.2 Å². The molecule has 0 atom stereocenters. The van der Waals surface area contributed by atoms with Gasteiger partial charge in [0.15, 0.2) is 5.65 Å². The molecule has 0 aliphatic carbocycles. The van der Waals surface area contributed by atoms with Crippen LogP contribution in [0.1, 0.15) is 37.8 Å². The van der Waals surface area contributed by atoms with Crippen LogP contribution < -0.4 is 9.88 Å². The van der Waals surface area contributed by atoms with Gasteiger partial charge in [0.05, 0.1) is 12.4 Å². The molecule has 0 saturated heterocycles. The summed E-state index contributed by atoms with van der Waals surface area (Å²) in [6.45, 7) is 7.91. The highest BCUT2D eigenvalue weighted by Crippen LogP contribution is 2.30. The highest BCUT2D eigenvalue weighted by Gasteiger charge is 2.32. The van der Waals surface area contributed by atoms with Gasteiger partial charge in [-0.1, -0.05) is 13.8 Å². The zero-order chi connectivity index (χ0) is 17.3. The number of nitrogens with two attached hydrogens (primary N) is 1. The van der Waals surface area contributed by atoms with Crippen molar-refractivity contribution in [2.45, 2.75) is 40.5 Å². The van der Waals surface area contributed by atoms with Crippen molar-refractivity contribution in [2.24, 2.45) is 10.6 Å². The molecule has 0 aliphatic rings. The molecular formula is C14H23N5O3S. The van der Waals surface area contributed by atoms with Gasteiger partial charge in [0.1, 0.15) is 6.33 Å². The zero-order valence-corrected chi connectivity index (χ0v) is 14.7. The summed E-state index contributed by atoms with van der Waals surface area (Å²) in [6, 6.07) is 0. The molecule has 2 heterocycles. The highest BCUT2D eigenvalue weighted by molar-refractivity contribution is 7.89. The average molecular weight is 341 g/mol. The Morgan fingerprint density at radius 1 is 1.26 bits per heavy atom. The van der Waals surface area contributed by atoms with Gasteiger partial charge in [0, 0.05) is 16.5 Å². The van der Waals surface area contributed by atoms with E-state index in [0.29, 0.717) is 24.4 Å². The lowest BCUT2D eigenvalue weighted by Gasteiger charge is -2.30. The number of primary sulfonamides is 1. The largest absolute Gasteiger partial charge is 0.476 e. The van der Waals surface area contributed by atoms with Gasteiger partial charge in [-0.25, -0.2) is 18.5 Å². The number of hydrogen-bond donors (Lipinski definition) is 1. The molecular weight excluding hydrogens is 318 g/mol. The van der Waals surface area contributed by atoms with Gasteiger partial charge < -0.3 is 4.74 Å². The summed E-state index contributed by atoms with van der Waals surface area (Å²) in [6.07, 6.45) is 2.72. The monoisotopic (exact) mass is 341 g/mol. The average Bonchev–Trinajstić information content (AvgIpc) is 2.95. The Kier molecular flexibility index (Phi) is 4.90. The van der Waals surface area contributed by atoms with Crippen molar-refractivity contribution in [3.05, 3.63) is 17.5 Å². The number of sulfonamides is 1. The second-order valence-corrected chi connectivity index (χ2v) is 7.55. The molecule has 2 aromatic heterocycles. The van der Waals surface area contributed by atoms with Crippen LogP contribution >= 0.6 is 0 Å². The lowest BCUT2D eigenvalue weighted by molar-refractivity contribution is 0.147. The summed E-state index contributed by atoms with van der Waals surface area (Å²) in [5.41, 5.74) is 1.93. The van der Waals surface area contributed by atoms with Crippen molar-refractivity contribution in [1.29, 1.82) is 0 Å². The van der Waals surface area contributed by atoms with E-state index in [1.54, 1.807) is 0 Å². The van der Waals surface area contributed by atoms with Gasteiger partial charge in [0.2, 0.25) is 15.9 Å². The Morgan fingerprint density at radius 3 is 2.48 bits per heavy atom. The molecule has 0 spiro atoms. The maximum Gasteiger partial charge on any atom is 0.236 e. The van der Waals surface area contributed by atoms with Crippen molar-refractivity contribution >= 4 is 15.7 Å². The fourth-order valence-electron chi connectivity index (χ4n) is 2.53. The van der Waals surface area contributed by atoms with Crippen LogP contribution in [0.25, 0.3) is 5.65 Å². The van der Waals surface area contributed by atoms with Crippen LogP contribution in [0.4, 0.5) is 0 Å². The van der Waals surface area contributed by atoms with Gasteiger partial charge in [-0.15, -0.1) is 14.8 Å². The van der Waals surface area contributed by atoms with Gasteiger partial charge in [-0.05, 0) is 26.7 Å². The third-order valence-corrected chi connectivity index (χ3v) is 5.47. The number of rotatable bonds is 7. The minimum atomic E-state index is -3.58. The van der Waals surface area contributed by atoms with Crippen LogP contribution in [0.15, 0.2) is 6.33 Å². The maximum absolute atomic E-state index is 11.5. The summed E-state index contributed by atoms with van der Waals surface area (Å²) >= 11 is 0. The van der Waals surface area contributed by atoms with Crippen LogP contribution in [-0.4, -0.2) is 40.6 Å². The quantitative estimate of drug-likeness (QED) is 0.810. The van der Waals surface area contributed by atoms with E-state index in [9.17, 15) is 8.42 Å². The summed E-state index contributed by atoms with van der Waals surface area (Å²) in [4.78, 5) is 4.15. The zero-order valence-electron chi connectivity index (χ0n) is 13.9. The number of aromatic nitrogens is 4. The van der Waals surface area contributed by atoms with E-state index < -0.39 is 15.4 Å². The first-order valence-corrected chi connectivity index (χ1v) is 9.23. The van der Waals surface area contributed by atoms with Crippen LogP contribution in [0, 0.1) is 19.3 Å². The Labute approximate surface area is 136 Å². The van der Waals surface area contributed by atoms with Gasteiger partial charge in [-0.2, -0.15) is 0 Å². The summed E-state index contributed by atoms with van der Waals surface area (Å²) in [5, 5.41) is 13.6. The molecule has 0 unspecified atom stereocenters. The fraction of sp³-hybridized carbons (Fsp3) is 0.643. The normalized spacial score (nSPS) is 12.7. The molecule has 128 valence electrons. The maximum atomic E-state index is 11.5. The molecule has 8 nitrogen and oxygen atoms in total. The minimum absolute atomic E-state index is 0.114. The van der Waals surface area contributed by atoms with Gasteiger partial charge in [0.25, 0.3) is 0 Å². The van der Waals surface area contributed by atoms with E-state index in [-0.39, 0.29) is 12.4 Å². The third kappa shape index (κ3) is 3.78. The highest BCUT2D eigenvalue weighted by atomic mass is 32.2. The molecule has 9 heteroatoms. The van der Waals surface area contributed by atoms with Crippen molar-refractivity contribution in [1.82, 2.24) is 19.8 Å². The molecule has 2 rings (SSSR count). The number of hydrogen-bond acceptors (Lipinski definition) is 6. The van der Waals surface area contributed by atoms with Crippen LogP contribution in [0.3, 0.4) is 0 Å². The molecule has 0 fully saturated rings. The van der Waals surface area contributed by atoms with Crippen LogP contribution in [0.5, 0.6) is 5.88 Å². The van der Waals surface area contributed by atoms with Crippen molar-refractivity contribution in [2.75, 3.05) is 12.4 Å². The Balaban J connectivity index is 2.29. The number of nitrogens with zero attached hydrogens (tertiary/aromatic N) is 4. The Morgan fingerprint density at radius 2 is 1.91 bits per heavy atom. The van der Waals surface area contributed by atoms with Crippen molar-refractivity contribution in [3.63, 3.8) is 0 Å². The predicted octanol–water partition coefficient (Wildman–Crippen LogP) is 1.21. The van der Waals surface area contributed by atoms with Gasteiger partial charge in [-0.3, -0.25) is 0 Å². The minimum Gasteiger partial charge on any atom is -0.476 e. The van der Waals surface area contributed by atoms with Crippen LogP contribution in [0.2, 0.25) is 0 Å². The SMILES string of the molecule is CCC(CC)(COc1nn2ncnc2c(C)c1C)CS(N)(=O)=O. The summed E-state index contributed by atoms with van der Waals surface area (Å²) < 4.78 is 30.3. The molecule has 0 amide bonds. The fourth-order valence-corrected chi connectivity index (χ4v) is 3.88. The second kappa shape index (κ2) is 6.40. The first-order valence-electron chi connectivity index (χ1n) is 7.52. The lowest BCUT2D eigenvalue weighted by Crippen LogP contribution is -2.38. The summed E-state index contributed by atoms with van der Waals surface area (Å²) in [7, 11) is -3.58. The molecule has 23 heavy (non-hydrogen) atoms. The molecule has 2 aromatic rings. The molecule has 0 bridgehead atoms. The first kappa shape index (κ1) is 17.6. The molecule has 0 aromatic carbocycles. The smallest absolute Gasteiger partial charge is 0.236 e. The number of ether oxygens (including phenoxy) is 1. The van der Waals surface area contributed by atoms with E-state index >= 15 is 0 Å². The van der Waals surface area contributed by atoms with E-state index in [4.69, 9.17) is 9.88 Å². The Bertz CT molecular complexity index is 796. The standard InChI is InChI=1S/C14H23N5O3S/c1-5-14(6-2,8-23(15,20)21)7-22-13-11(4)10(3)12-16-9-17-19(12)18-13/h9H,5-8H2,1-4H3,(H2,15,20,21). The Hall–Kier alpha value is -1.74. The molecule has 0 aliphatic heterocycles. The van der Waals surface area contributed by atoms with Crippen LogP contribution in [-0.2, 0) is 10.0 Å². The lowest BCUT2D eigenvalue weighted by atomic mass is 9.85. The van der Waals surface area contributed by atoms with E-state index in [2.05, 4.69) is 15.2 Å². The number of fused-ring (bicyclic) bond motifs is 1. The van der Waals surface area contributed by atoms with E-state index in [1.807, 2.05) is 27.7 Å². The van der Waals surface area contributed by atoms with Crippen molar-refractivity contribution in [3.8, 4) is 5.88 Å². The predicted molar refractivity (Wildman–Crippen MR) is 86.7 cm³/mol. The second-order valence-electron chi connectivity index (χ2n) is 5.93. The number of aryl methyl sites for hydroxylation is 1. The first-order chi connectivity index (χ1) is 10.7. The molecule has 0 radical (unpaired) electrons. The molecule has 0 saturated carbocycles. The van der Waals surface area contributed by atoms with E-state index in [0.717, 1.165) is 11.1 Å². The summed E-state index contributed by atoms with van der Waals surface area (Å²) in [5.74, 6) is 0.317. The van der Waals surface area contributed by atoms with E-state index in [1.165, 1.54) is 11.0 Å². The topological polar surface area (TPSA) is 112 Å². The third-order valence-electron chi connectivity index (χ3n) is 4.46. The van der Waals surface area contributed by atoms with Gasteiger partial charge >= 0.3 is 0 Å².